The van der Waals surface area contributed by atoms with Crippen molar-refractivity contribution in [1.29, 1.82) is 0 Å². The van der Waals surface area contributed by atoms with E-state index in [4.69, 9.17) is 4.74 Å². The lowest BCUT2D eigenvalue weighted by Gasteiger charge is -2.04. The maximum atomic E-state index is 13.0. The standard InChI is InChI=1S/C13H13FN2O2S/c1-18-7-10-6-13(17)16-12(15-10)8-19-11-4-2-3-9(14)5-11/h2-6H,7-8H2,1H3,(H,15,16,17). The van der Waals surface area contributed by atoms with Gasteiger partial charge in [-0.2, -0.15) is 0 Å². The number of ether oxygens (including phenoxy) is 1. The van der Waals surface area contributed by atoms with Crippen molar-refractivity contribution >= 4 is 11.8 Å². The number of hydrogen-bond donors (Lipinski definition) is 1. The molecule has 0 bridgehead atoms. The van der Waals surface area contributed by atoms with E-state index in [1.54, 1.807) is 13.2 Å². The summed E-state index contributed by atoms with van der Waals surface area (Å²) in [6.45, 7) is 0.293. The second kappa shape index (κ2) is 6.49. The maximum absolute atomic E-state index is 13.0. The summed E-state index contributed by atoms with van der Waals surface area (Å²) in [5, 5.41) is 0. The number of aromatic amines is 1. The Balaban J connectivity index is 2.09. The molecule has 0 fully saturated rings. The number of aromatic nitrogens is 2. The molecule has 1 heterocycles. The number of rotatable bonds is 5. The van der Waals surface area contributed by atoms with Crippen molar-refractivity contribution in [2.45, 2.75) is 17.3 Å². The van der Waals surface area contributed by atoms with Crippen LogP contribution in [0.25, 0.3) is 0 Å². The zero-order valence-corrected chi connectivity index (χ0v) is 11.2. The van der Waals surface area contributed by atoms with Crippen LogP contribution in [-0.2, 0) is 17.1 Å². The highest BCUT2D eigenvalue weighted by molar-refractivity contribution is 7.98. The second-order valence-corrected chi connectivity index (χ2v) is 4.91. The van der Waals surface area contributed by atoms with Gasteiger partial charge in [0, 0.05) is 18.1 Å². The molecule has 0 saturated carbocycles. The molecule has 2 rings (SSSR count). The Morgan fingerprint density at radius 1 is 1.42 bits per heavy atom. The number of benzene rings is 1. The minimum absolute atomic E-state index is 0.211. The Labute approximate surface area is 114 Å². The highest BCUT2D eigenvalue weighted by Crippen LogP contribution is 2.21. The first kappa shape index (κ1) is 13.8. The van der Waals surface area contributed by atoms with Gasteiger partial charge in [0.25, 0.3) is 5.56 Å². The lowest BCUT2D eigenvalue weighted by molar-refractivity contribution is 0.181. The molecule has 1 aromatic heterocycles. The van der Waals surface area contributed by atoms with Crippen molar-refractivity contribution in [3.63, 3.8) is 0 Å². The lowest BCUT2D eigenvalue weighted by Crippen LogP contribution is -2.12. The molecule has 0 unspecified atom stereocenters. The number of nitrogens with zero attached hydrogens (tertiary/aromatic N) is 1. The van der Waals surface area contributed by atoms with Crippen LogP contribution in [0.4, 0.5) is 4.39 Å². The number of thioether (sulfide) groups is 1. The molecule has 0 aliphatic rings. The van der Waals surface area contributed by atoms with Gasteiger partial charge in [0.1, 0.15) is 11.6 Å². The zero-order valence-electron chi connectivity index (χ0n) is 10.4. The number of H-pyrrole nitrogens is 1. The normalized spacial score (nSPS) is 10.6. The van der Waals surface area contributed by atoms with Gasteiger partial charge in [-0.25, -0.2) is 9.37 Å². The van der Waals surface area contributed by atoms with Gasteiger partial charge in [0.15, 0.2) is 0 Å². The Hall–Kier alpha value is -1.66. The zero-order chi connectivity index (χ0) is 13.7. The molecule has 0 radical (unpaired) electrons. The van der Waals surface area contributed by atoms with E-state index in [1.165, 1.54) is 30.0 Å². The van der Waals surface area contributed by atoms with Crippen LogP contribution in [0.3, 0.4) is 0 Å². The summed E-state index contributed by atoms with van der Waals surface area (Å²) < 4.78 is 18.0. The Kier molecular flexibility index (Phi) is 4.70. The SMILES string of the molecule is COCc1cc(=O)[nH]c(CSc2cccc(F)c2)n1. The van der Waals surface area contributed by atoms with E-state index >= 15 is 0 Å². The Bertz CT molecular complexity index is 616. The third kappa shape index (κ3) is 4.18. The van der Waals surface area contributed by atoms with E-state index in [-0.39, 0.29) is 11.4 Å². The first-order valence-electron chi connectivity index (χ1n) is 5.64. The van der Waals surface area contributed by atoms with Crippen LogP contribution >= 0.6 is 11.8 Å². The van der Waals surface area contributed by atoms with Crippen molar-refractivity contribution in [1.82, 2.24) is 9.97 Å². The van der Waals surface area contributed by atoms with E-state index < -0.39 is 0 Å². The fourth-order valence-corrected chi connectivity index (χ4v) is 2.37. The van der Waals surface area contributed by atoms with Crippen LogP contribution in [-0.4, -0.2) is 17.1 Å². The molecule has 0 spiro atoms. The predicted molar refractivity (Wildman–Crippen MR) is 71.5 cm³/mol. The highest BCUT2D eigenvalue weighted by atomic mass is 32.2. The molecule has 19 heavy (non-hydrogen) atoms. The smallest absolute Gasteiger partial charge is 0.251 e. The third-order valence-corrected chi connectivity index (χ3v) is 3.31. The first-order valence-corrected chi connectivity index (χ1v) is 6.62. The molecule has 1 aromatic carbocycles. The molecule has 0 aliphatic carbocycles. The largest absolute Gasteiger partial charge is 0.378 e. The predicted octanol–water partition coefficient (Wildman–Crippen LogP) is 2.35. The molecule has 0 atom stereocenters. The molecule has 4 nitrogen and oxygen atoms in total. The van der Waals surface area contributed by atoms with E-state index in [0.29, 0.717) is 23.9 Å². The average molecular weight is 280 g/mol. The summed E-state index contributed by atoms with van der Waals surface area (Å²) in [7, 11) is 1.55. The quantitative estimate of drug-likeness (QED) is 0.854. The monoisotopic (exact) mass is 280 g/mol. The fraction of sp³-hybridized carbons (Fsp3) is 0.231. The summed E-state index contributed by atoms with van der Waals surface area (Å²) in [5.41, 5.74) is 0.373. The second-order valence-electron chi connectivity index (χ2n) is 3.86. The minimum Gasteiger partial charge on any atom is -0.378 e. The maximum Gasteiger partial charge on any atom is 0.251 e. The van der Waals surface area contributed by atoms with Crippen LogP contribution < -0.4 is 5.56 Å². The first-order chi connectivity index (χ1) is 9.17. The van der Waals surface area contributed by atoms with E-state index in [9.17, 15) is 9.18 Å². The van der Waals surface area contributed by atoms with Crippen LogP contribution in [0, 0.1) is 5.82 Å². The molecule has 1 N–H and O–H groups in total. The molecule has 0 aliphatic heterocycles. The molecular formula is C13H13FN2O2S. The van der Waals surface area contributed by atoms with Gasteiger partial charge < -0.3 is 9.72 Å². The van der Waals surface area contributed by atoms with Crippen molar-refractivity contribution in [3.05, 3.63) is 58.0 Å². The van der Waals surface area contributed by atoms with Gasteiger partial charge >= 0.3 is 0 Å². The minimum atomic E-state index is -0.278. The Morgan fingerprint density at radius 3 is 3.00 bits per heavy atom. The van der Waals surface area contributed by atoms with Crippen molar-refractivity contribution in [2.24, 2.45) is 0 Å². The summed E-state index contributed by atoms with van der Waals surface area (Å²) >= 11 is 1.41. The Morgan fingerprint density at radius 2 is 2.26 bits per heavy atom. The number of nitrogens with one attached hydrogen (secondary N) is 1. The van der Waals surface area contributed by atoms with Crippen molar-refractivity contribution in [3.8, 4) is 0 Å². The molecule has 0 amide bonds. The van der Waals surface area contributed by atoms with E-state index in [0.717, 1.165) is 4.90 Å². The van der Waals surface area contributed by atoms with Crippen molar-refractivity contribution < 1.29 is 9.13 Å². The molecule has 6 heteroatoms. The van der Waals surface area contributed by atoms with Gasteiger partial charge in [-0.15, -0.1) is 11.8 Å². The summed E-state index contributed by atoms with van der Waals surface area (Å²) in [6, 6.07) is 7.70. The molecule has 2 aromatic rings. The lowest BCUT2D eigenvalue weighted by atomic mass is 10.4. The van der Waals surface area contributed by atoms with Gasteiger partial charge in [0.05, 0.1) is 18.1 Å². The van der Waals surface area contributed by atoms with Gasteiger partial charge in [-0.3, -0.25) is 4.79 Å². The molecular weight excluding hydrogens is 267 g/mol. The van der Waals surface area contributed by atoms with Crippen LogP contribution in [0.2, 0.25) is 0 Å². The fourth-order valence-electron chi connectivity index (χ4n) is 1.56. The summed E-state index contributed by atoms with van der Waals surface area (Å²) in [6.07, 6.45) is 0. The van der Waals surface area contributed by atoms with Crippen LogP contribution in [0.5, 0.6) is 0 Å². The third-order valence-electron chi connectivity index (χ3n) is 2.31. The van der Waals surface area contributed by atoms with Gasteiger partial charge in [-0.1, -0.05) is 6.07 Å². The number of halogens is 1. The van der Waals surface area contributed by atoms with Gasteiger partial charge in [0.2, 0.25) is 0 Å². The molecule has 0 saturated heterocycles. The van der Waals surface area contributed by atoms with Crippen molar-refractivity contribution in [2.75, 3.05) is 7.11 Å². The summed E-state index contributed by atoms with van der Waals surface area (Å²) in [4.78, 5) is 19.1. The summed E-state index contributed by atoms with van der Waals surface area (Å²) in [5.74, 6) is 0.740. The van der Waals surface area contributed by atoms with Gasteiger partial charge in [-0.05, 0) is 18.2 Å². The van der Waals surface area contributed by atoms with Crippen LogP contribution in [0.15, 0.2) is 40.0 Å². The highest BCUT2D eigenvalue weighted by Gasteiger charge is 2.03. The number of methoxy groups -OCH3 is 1. The van der Waals surface area contributed by atoms with Crippen LogP contribution in [0.1, 0.15) is 11.5 Å². The average Bonchev–Trinajstić information content (AvgIpc) is 2.36. The number of hydrogen-bond acceptors (Lipinski definition) is 4. The topological polar surface area (TPSA) is 55.0 Å². The van der Waals surface area contributed by atoms with E-state index in [2.05, 4.69) is 9.97 Å². The van der Waals surface area contributed by atoms with E-state index in [1.807, 2.05) is 6.07 Å². The molecule has 100 valence electrons.